The second-order valence-corrected chi connectivity index (χ2v) is 4.13. The van der Waals surface area contributed by atoms with Crippen LogP contribution in [0.3, 0.4) is 0 Å². The van der Waals surface area contributed by atoms with E-state index in [0.717, 1.165) is 17.3 Å². The van der Waals surface area contributed by atoms with E-state index in [2.05, 4.69) is 10.3 Å². The van der Waals surface area contributed by atoms with Gasteiger partial charge in [-0.15, -0.1) is 16.9 Å². The second-order valence-electron chi connectivity index (χ2n) is 3.31. The van der Waals surface area contributed by atoms with Gasteiger partial charge in [-0.05, 0) is 24.0 Å². The molecule has 1 aromatic heterocycles. The van der Waals surface area contributed by atoms with Crippen LogP contribution < -0.4 is 4.74 Å². The van der Waals surface area contributed by atoms with Gasteiger partial charge in [0.15, 0.2) is 0 Å². The quantitative estimate of drug-likeness (QED) is 0.760. The van der Waals surface area contributed by atoms with Crippen molar-refractivity contribution in [3.8, 4) is 5.75 Å². The van der Waals surface area contributed by atoms with Gasteiger partial charge in [0.2, 0.25) is 0 Å². The average molecular weight is 235 g/mol. The summed E-state index contributed by atoms with van der Waals surface area (Å²) in [6.45, 7) is 0.734. The molecule has 0 aliphatic rings. The number of nitrogens with zero attached hydrogens (tertiary/aromatic N) is 3. The smallest absolute Gasteiger partial charge is 0.138 e. The molecule has 0 fully saturated rings. The fraction of sp³-hybridized carbons (Fsp3) is 0.273. The van der Waals surface area contributed by atoms with Crippen molar-refractivity contribution < 1.29 is 4.74 Å². The molecule has 0 aliphatic heterocycles. The molecule has 0 aliphatic carbocycles. The molecule has 1 aromatic carbocycles. The summed E-state index contributed by atoms with van der Waals surface area (Å²) in [5.41, 5.74) is 1.18. The molecular formula is C11H13N3OS. The second kappa shape index (κ2) is 5.03. The molecule has 2 aromatic rings. The lowest BCUT2D eigenvalue weighted by Gasteiger charge is -2.02. The molecule has 4 nitrogen and oxygen atoms in total. The lowest BCUT2D eigenvalue weighted by atomic mass is 10.2. The van der Waals surface area contributed by atoms with E-state index < -0.39 is 0 Å². The standard InChI is InChI=1S/C11H13N3OS/c1-15-10-5-3-9(4-6-10)7-14-8-11(16-2)12-13-14/h3-6,8H,7H2,1-2H3. The van der Waals surface area contributed by atoms with E-state index in [1.165, 1.54) is 5.56 Å². The average Bonchev–Trinajstić information content (AvgIpc) is 2.78. The normalized spacial score (nSPS) is 10.4. The lowest BCUT2D eigenvalue weighted by molar-refractivity contribution is 0.414. The van der Waals surface area contributed by atoms with Crippen molar-refractivity contribution in [3.63, 3.8) is 0 Å². The molecule has 0 spiro atoms. The van der Waals surface area contributed by atoms with E-state index in [0.29, 0.717) is 0 Å². The third kappa shape index (κ3) is 2.55. The number of benzene rings is 1. The molecule has 0 bridgehead atoms. The maximum absolute atomic E-state index is 5.10. The maximum Gasteiger partial charge on any atom is 0.138 e. The van der Waals surface area contributed by atoms with Crippen molar-refractivity contribution in [1.82, 2.24) is 15.0 Å². The molecule has 1 heterocycles. The zero-order valence-corrected chi connectivity index (χ0v) is 10.1. The van der Waals surface area contributed by atoms with Crippen LogP contribution >= 0.6 is 11.8 Å². The predicted molar refractivity (Wildman–Crippen MR) is 63.9 cm³/mol. The van der Waals surface area contributed by atoms with Crippen molar-refractivity contribution in [3.05, 3.63) is 36.0 Å². The summed E-state index contributed by atoms with van der Waals surface area (Å²) in [6, 6.07) is 7.95. The van der Waals surface area contributed by atoms with E-state index in [9.17, 15) is 0 Å². The van der Waals surface area contributed by atoms with E-state index in [1.807, 2.05) is 41.4 Å². The monoisotopic (exact) mass is 235 g/mol. The molecule has 0 atom stereocenters. The highest BCUT2D eigenvalue weighted by Gasteiger charge is 2.00. The van der Waals surface area contributed by atoms with Crippen LogP contribution in [0.1, 0.15) is 5.56 Å². The van der Waals surface area contributed by atoms with Gasteiger partial charge < -0.3 is 4.74 Å². The highest BCUT2D eigenvalue weighted by atomic mass is 32.2. The number of hydrogen-bond acceptors (Lipinski definition) is 4. The van der Waals surface area contributed by atoms with E-state index in [-0.39, 0.29) is 0 Å². The molecule has 0 unspecified atom stereocenters. The Morgan fingerprint density at radius 2 is 2.06 bits per heavy atom. The fourth-order valence-electron chi connectivity index (χ4n) is 1.37. The fourth-order valence-corrected chi connectivity index (χ4v) is 1.71. The van der Waals surface area contributed by atoms with E-state index in [4.69, 9.17) is 4.74 Å². The lowest BCUT2D eigenvalue weighted by Crippen LogP contribution is -2.00. The summed E-state index contributed by atoms with van der Waals surface area (Å²) < 4.78 is 6.93. The first-order valence-electron chi connectivity index (χ1n) is 4.89. The number of rotatable bonds is 4. The van der Waals surface area contributed by atoms with Crippen LogP contribution in [0.15, 0.2) is 35.5 Å². The van der Waals surface area contributed by atoms with Gasteiger partial charge in [-0.1, -0.05) is 17.3 Å². The van der Waals surface area contributed by atoms with Crippen LogP contribution in [0.25, 0.3) is 0 Å². The molecule has 0 amide bonds. The molecule has 84 valence electrons. The zero-order valence-electron chi connectivity index (χ0n) is 9.25. The van der Waals surface area contributed by atoms with Crippen LogP contribution in [0.2, 0.25) is 0 Å². The van der Waals surface area contributed by atoms with Crippen molar-refractivity contribution in [1.29, 1.82) is 0 Å². The Labute approximate surface area is 98.6 Å². The Morgan fingerprint density at radius 3 is 2.62 bits per heavy atom. The van der Waals surface area contributed by atoms with Crippen LogP contribution in [0.4, 0.5) is 0 Å². The molecule has 2 rings (SSSR count). The minimum atomic E-state index is 0.734. The summed E-state index contributed by atoms with van der Waals surface area (Å²) >= 11 is 1.59. The third-order valence-corrected chi connectivity index (χ3v) is 2.84. The molecular weight excluding hydrogens is 222 g/mol. The number of methoxy groups -OCH3 is 1. The van der Waals surface area contributed by atoms with Crippen molar-refractivity contribution in [2.45, 2.75) is 11.6 Å². The van der Waals surface area contributed by atoms with Crippen molar-refractivity contribution >= 4 is 11.8 Å². The molecule has 5 heteroatoms. The largest absolute Gasteiger partial charge is 0.497 e. The van der Waals surface area contributed by atoms with E-state index in [1.54, 1.807) is 18.9 Å². The highest BCUT2D eigenvalue weighted by Crippen LogP contribution is 2.13. The van der Waals surface area contributed by atoms with Crippen molar-refractivity contribution in [2.75, 3.05) is 13.4 Å². The Morgan fingerprint density at radius 1 is 1.31 bits per heavy atom. The van der Waals surface area contributed by atoms with Crippen LogP contribution in [0, 0.1) is 0 Å². The van der Waals surface area contributed by atoms with Gasteiger partial charge >= 0.3 is 0 Å². The summed E-state index contributed by atoms with van der Waals surface area (Å²) in [4.78, 5) is 0. The SMILES string of the molecule is COc1ccc(Cn2cc(SC)nn2)cc1. The summed E-state index contributed by atoms with van der Waals surface area (Å²) in [5, 5.41) is 8.99. The Hall–Kier alpha value is -1.49. The van der Waals surface area contributed by atoms with Gasteiger partial charge in [0.25, 0.3) is 0 Å². The zero-order chi connectivity index (χ0) is 11.4. The molecule has 0 saturated heterocycles. The first kappa shape index (κ1) is 11.0. The van der Waals surface area contributed by atoms with E-state index >= 15 is 0 Å². The van der Waals surface area contributed by atoms with Crippen LogP contribution in [-0.4, -0.2) is 28.4 Å². The van der Waals surface area contributed by atoms with Gasteiger partial charge in [0.05, 0.1) is 19.9 Å². The summed E-state index contributed by atoms with van der Waals surface area (Å²) in [6.07, 6.45) is 3.93. The maximum atomic E-state index is 5.10. The number of ether oxygens (including phenoxy) is 1. The van der Waals surface area contributed by atoms with Gasteiger partial charge in [0.1, 0.15) is 10.8 Å². The van der Waals surface area contributed by atoms with Gasteiger partial charge in [0, 0.05) is 0 Å². The molecule has 0 radical (unpaired) electrons. The number of hydrogen-bond donors (Lipinski definition) is 0. The van der Waals surface area contributed by atoms with Gasteiger partial charge in [-0.3, -0.25) is 0 Å². The predicted octanol–water partition coefficient (Wildman–Crippen LogP) is 2.06. The number of aromatic nitrogens is 3. The molecule has 0 saturated carbocycles. The van der Waals surface area contributed by atoms with Crippen molar-refractivity contribution in [2.24, 2.45) is 0 Å². The Bertz CT molecular complexity index is 453. The van der Waals surface area contributed by atoms with Crippen LogP contribution in [-0.2, 0) is 6.54 Å². The topological polar surface area (TPSA) is 39.9 Å². The molecule has 0 N–H and O–H groups in total. The third-order valence-electron chi connectivity index (χ3n) is 2.23. The minimum absolute atomic E-state index is 0.734. The summed E-state index contributed by atoms with van der Waals surface area (Å²) in [7, 11) is 1.66. The summed E-state index contributed by atoms with van der Waals surface area (Å²) in [5.74, 6) is 0.868. The Kier molecular flexibility index (Phi) is 3.46. The number of thioether (sulfide) groups is 1. The highest BCUT2D eigenvalue weighted by molar-refractivity contribution is 7.98. The minimum Gasteiger partial charge on any atom is -0.497 e. The molecule has 16 heavy (non-hydrogen) atoms. The van der Waals surface area contributed by atoms with Gasteiger partial charge in [-0.2, -0.15) is 0 Å². The van der Waals surface area contributed by atoms with Crippen LogP contribution in [0.5, 0.6) is 5.75 Å². The first-order chi connectivity index (χ1) is 7.81. The van der Waals surface area contributed by atoms with Gasteiger partial charge in [-0.25, -0.2) is 4.68 Å². The Balaban J connectivity index is 2.08. The first-order valence-corrected chi connectivity index (χ1v) is 6.11.